The molecule has 1 aromatic carbocycles. The molecule has 0 bridgehead atoms. The molecule has 0 radical (unpaired) electrons. The van der Waals surface area contributed by atoms with Gasteiger partial charge >= 0.3 is 0 Å². The van der Waals surface area contributed by atoms with E-state index in [0.29, 0.717) is 5.95 Å². The Labute approximate surface area is 149 Å². The van der Waals surface area contributed by atoms with Crippen LogP contribution in [0.5, 0.6) is 0 Å². The van der Waals surface area contributed by atoms with Gasteiger partial charge in [0.1, 0.15) is 5.82 Å². The molecule has 1 aliphatic rings. The number of morpholine rings is 1. The number of benzene rings is 1. The van der Waals surface area contributed by atoms with Gasteiger partial charge in [-0.15, -0.1) is 0 Å². The van der Waals surface area contributed by atoms with Gasteiger partial charge in [-0.25, -0.2) is 4.98 Å². The van der Waals surface area contributed by atoms with Crippen molar-refractivity contribution in [2.45, 2.75) is 0 Å². The topological polar surface area (TPSA) is 65.5 Å². The van der Waals surface area contributed by atoms with Crippen molar-refractivity contribution in [3.8, 4) is 0 Å². The molecule has 134 valence electrons. The normalized spacial score (nSPS) is 15.0. The Balaban J connectivity index is 1.52. The monoisotopic (exact) mass is 342 g/mol. The van der Waals surface area contributed by atoms with Gasteiger partial charge in [0.2, 0.25) is 5.95 Å². The third-order valence-corrected chi connectivity index (χ3v) is 4.13. The second-order valence-electron chi connectivity index (χ2n) is 6.21. The molecule has 7 heteroatoms. The fraction of sp³-hybridized carbons (Fsp3) is 0.444. The van der Waals surface area contributed by atoms with Crippen molar-refractivity contribution in [3.05, 3.63) is 36.5 Å². The first kappa shape index (κ1) is 17.4. The minimum atomic E-state index is 0.642. The molecule has 0 amide bonds. The maximum atomic E-state index is 5.36. The minimum Gasteiger partial charge on any atom is -0.379 e. The smallest absolute Gasteiger partial charge is 0.224 e. The van der Waals surface area contributed by atoms with Gasteiger partial charge in [-0.3, -0.25) is 4.90 Å². The largest absolute Gasteiger partial charge is 0.379 e. The summed E-state index contributed by atoms with van der Waals surface area (Å²) in [6, 6.07) is 10.1. The Hall–Kier alpha value is -2.38. The van der Waals surface area contributed by atoms with Crippen LogP contribution in [0.3, 0.4) is 0 Å². The number of nitrogens with one attached hydrogen (secondary N) is 2. The second kappa shape index (κ2) is 8.64. The summed E-state index contributed by atoms with van der Waals surface area (Å²) in [7, 11) is 4.06. The Morgan fingerprint density at radius 1 is 1.12 bits per heavy atom. The standard InChI is InChI=1S/C18H26N6O/c1-23(2)16-5-3-15(4-6-16)21-17-7-8-19-18(22-17)20-9-10-24-11-13-25-14-12-24/h3-8H,9-14H2,1-2H3,(H2,19,20,21,22). The van der Waals surface area contributed by atoms with Crippen LogP contribution in [0.4, 0.5) is 23.1 Å². The molecule has 0 saturated carbocycles. The molecule has 0 atom stereocenters. The van der Waals surface area contributed by atoms with Crippen molar-refractivity contribution in [3.63, 3.8) is 0 Å². The summed E-state index contributed by atoms with van der Waals surface area (Å²) in [5.41, 5.74) is 2.17. The summed E-state index contributed by atoms with van der Waals surface area (Å²) in [5, 5.41) is 6.60. The van der Waals surface area contributed by atoms with Crippen molar-refractivity contribution in [2.24, 2.45) is 0 Å². The third kappa shape index (κ3) is 5.30. The SMILES string of the molecule is CN(C)c1ccc(Nc2ccnc(NCCN3CCOCC3)n2)cc1. The Morgan fingerprint density at radius 2 is 1.88 bits per heavy atom. The maximum Gasteiger partial charge on any atom is 0.224 e. The summed E-state index contributed by atoms with van der Waals surface area (Å²) < 4.78 is 5.36. The Kier molecular flexibility index (Phi) is 6.03. The number of hydrogen-bond donors (Lipinski definition) is 2. The van der Waals surface area contributed by atoms with Gasteiger partial charge in [-0.05, 0) is 30.3 Å². The lowest BCUT2D eigenvalue weighted by atomic mass is 10.2. The predicted molar refractivity (Wildman–Crippen MR) is 102 cm³/mol. The van der Waals surface area contributed by atoms with E-state index in [9.17, 15) is 0 Å². The average molecular weight is 342 g/mol. The molecule has 2 N–H and O–H groups in total. The lowest BCUT2D eigenvalue weighted by molar-refractivity contribution is 0.0398. The highest BCUT2D eigenvalue weighted by Gasteiger charge is 2.09. The fourth-order valence-corrected chi connectivity index (χ4v) is 2.65. The van der Waals surface area contributed by atoms with Crippen LogP contribution in [0.1, 0.15) is 0 Å². The molecule has 2 heterocycles. The molecule has 3 rings (SSSR count). The van der Waals surface area contributed by atoms with E-state index < -0.39 is 0 Å². The minimum absolute atomic E-state index is 0.642. The van der Waals surface area contributed by atoms with Crippen LogP contribution in [-0.2, 0) is 4.74 Å². The highest BCUT2D eigenvalue weighted by atomic mass is 16.5. The first-order valence-electron chi connectivity index (χ1n) is 8.62. The van der Waals surface area contributed by atoms with Gasteiger partial charge < -0.3 is 20.3 Å². The number of aromatic nitrogens is 2. The van der Waals surface area contributed by atoms with Crippen LogP contribution in [0, 0.1) is 0 Å². The van der Waals surface area contributed by atoms with Gasteiger partial charge in [-0.1, -0.05) is 0 Å². The quantitative estimate of drug-likeness (QED) is 0.798. The van der Waals surface area contributed by atoms with E-state index in [1.807, 2.05) is 32.3 Å². The van der Waals surface area contributed by atoms with Crippen LogP contribution in [-0.4, -0.2) is 68.4 Å². The van der Waals surface area contributed by atoms with E-state index in [1.54, 1.807) is 6.20 Å². The first-order valence-corrected chi connectivity index (χ1v) is 8.62. The van der Waals surface area contributed by atoms with Gasteiger partial charge in [-0.2, -0.15) is 4.98 Å². The highest BCUT2D eigenvalue weighted by Crippen LogP contribution is 2.19. The summed E-state index contributed by atoms with van der Waals surface area (Å²) in [6.45, 7) is 5.42. The predicted octanol–water partition coefficient (Wildman–Crippen LogP) is 2.03. The molecule has 1 fully saturated rings. The zero-order valence-electron chi connectivity index (χ0n) is 14.9. The summed E-state index contributed by atoms with van der Waals surface area (Å²) in [5.74, 6) is 1.42. The van der Waals surface area contributed by atoms with Crippen molar-refractivity contribution in [2.75, 3.05) is 69.0 Å². The van der Waals surface area contributed by atoms with Gasteiger partial charge in [0.15, 0.2) is 0 Å². The lowest BCUT2D eigenvalue weighted by Crippen LogP contribution is -2.39. The van der Waals surface area contributed by atoms with E-state index in [1.165, 1.54) is 5.69 Å². The zero-order valence-corrected chi connectivity index (χ0v) is 14.9. The molecule has 1 aromatic heterocycles. The van der Waals surface area contributed by atoms with Crippen molar-refractivity contribution in [1.82, 2.24) is 14.9 Å². The van der Waals surface area contributed by atoms with Gasteiger partial charge in [0.05, 0.1) is 13.2 Å². The molecular weight excluding hydrogens is 316 g/mol. The van der Waals surface area contributed by atoms with Gasteiger partial charge in [0, 0.05) is 57.8 Å². The van der Waals surface area contributed by atoms with Crippen LogP contribution < -0.4 is 15.5 Å². The summed E-state index contributed by atoms with van der Waals surface area (Å²) in [6.07, 6.45) is 1.76. The van der Waals surface area contributed by atoms with Crippen LogP contribution in [0.2, 0.25) is 0 Å². The first-order chi connectivity index (χ1) is 12.2. The second-order valence-corrected chi connectivity index (χ2v) is 6.21. The molecule has 0 spiro atoms. The van der Waals surface area contributed by atoms with E-state index >= 15 is 0 Å². The third-order valence-electron chi connectivity index (χ3n) is 4.13. The van der Waals surface area contributed by atoms with Crippen molar-refractivity contribution in [1.29, 1.82) is 0 Å². The Morgan fingerprint density at radius 3 is 2.60 bits per heavy atom. The van der Waals surface area contributed by atoms with Crippen molar-refractivity contribution >= 4 is 23.1 Å². The van der Waals surface area contributed by atoms with Crippen molar-refractivity contribution < 1.29 is 4.74 Å². The van der Waals surface area contributed by atoms with E-state index in [0.717, 1.165) is 50.9 Å². The number of anilines is 4. The van der Waals surface area contributed by atoms with E-state index in [4.69, 9.17) is 4.74 Å². The Bertz CT molecular complexity index is 655. The molecule has 1 saturated heterocycles. The summed E-state index contributed by atoms with van der Waals surface area (Å²) >= 11 is 0. The molecule has 1 aliphatic heterocycles. The fourth-order valence-electron chi connectivity index (χ4n) is 2.65. The zero-order chi connectivity index (χ0) is 17.5. The molecule has 0 unspecified atom stereocenters. The number of hydrogen-bond acceptors (Lipinski definition) is 7. The van der Waals surface area contributed by atoms with Crippen LogP contribution in [0.25, 0.3) is 0 Å². The number of rotatable bonds is 7. The highest BCUT2D eigenvalue weighted by molar-refractivity contribution is 5.60. The maximum absolute atomic E-state index is 5.36. The average Bonchev–Trinajstić information content (AvgIpc) is 2.63. The lowest BCUT2D eigenvalue weighted by Gasteiger charge is -2.26. The van der Waals surface area contributed by atoms with Gasteiger partial charge in [0.25, 0.3) is 0 Å². The van der Waals surface area contributed by atoms with Crippen LogP contribution in [0.15, 0.2) is 36.5 Å². The summed E-state index contributed by atoms with van der Waals surface area (Å²) in [4.78, 5) is 13.3. The number of nitrogens with zero attached hydrogens (tertiary/aromatic N) is 4. The molecule has 0 aliphatic carbocycles. The molecule has 7 nitrogen and oxygen atoms in total. The van der Waals surface area contributed by atoms with Crippen LogP contribution >= 0.6 is 0 Å². The molecule has 2 aromatic rings. The van der Waals surface area contributed by atoms with E-state index in [-0.39, 0.29) is 0 Å². The van der Waals surface area contributed by atoms with E-state index in [2.05, 4.69) is 42.5 Å². The molecule has 25 heavy (non-hydrogen) atoms. The number of ether oxygens (including phenoxy) is 1. The molecular formula is C18H26N6O.